The van der Waals surface area contributed by atoms with Crippen molar-refractivity contribution in [3.63, 3.8) is 0 Å². The number of hydrogen-bond donors (Lipinski definition) is 1. The number of para-hydroxylation sites is 1. The molecule has 2 aromatic rings. The van der Waals surface area contributed by atoms with E-state index in [9.17, 15) is 9.59 Å². The van der Waals surface area contributed by atoms with Gasteiger partial charge in [-0.2, -0.15) is 5.10 Å². The number of aromatic nitrogens is 2. The minimum absolute atomic E-state index is 0.0452. The summed E-state index contributed by atoms with van der Waals surface area (Å²) in [6, 6.07) is 9.86. The van der Waals surface area contributed by atoms with Crippen molar-refractivity contribution in [3.8, 4) is 0 Å². The van der Waals surface area contributed by atoms with E-state index in [1.165, 1.54) is 12.8 Å². The zero-order valence-electron chi connectivity index (χ0n) is 21.6. The molecule has 1 aromatic heterocycles. The number of rotatable bonds is 7. The van der Waals surface area contributed by atoms with Gasteiger partial charge in [-0.3, -0.25) is 24.1 Å². The van der Waals surface area contributed by atoms with Gasteiger partial charge in [0.05, 0.1) is 5.52 Å². The predicted molar refractivity (Wildman–Crippen MR) is 137 cm³/mol. The number of benzene rings is 1. The Hall–Kier alpha value is -2.45. The van der Waals surface area contributed by atoms with Crippen LogP contribution in [0.2, 0.25) is 0 Å². The first-order valence-electron chi connectivity index (χ1n) is 13.3. The van der Waals surface area contributed by atoms with Crippen molar-refractivity contribution in [2.75, 3.05) is 33.2 Å². The Morgan fingerprint density at radius 1 is 1.11 bits per heavy atom. The summed E-state index contributed by atoms with van der Waals surface area (Å²) in [5.41, 5.74) is 1.56. The van der Waals surface area contributed by atoms with Crippen LogP contribution >= 0.6 is 0 Å². The van der Waals surface area contributed by atoms with E-state index >= 15 is 0 Å². The van der Waals surface area contributed by atoms with E-state index in [4.69, 9.17) is 0 Å². The lowest BCUT2D eigenvalue weighted by Crippen LogP contribution is -2.52. The fraction of sp³-hybridized carbons (Fsp3) is 0.667. The molecule has 8 nitrogen and oxygen atoms in total. The molecule has 3 aliphatic heterocycles. The Bertz CT molecular complexity index is 1070. The molecule has 3 fully saturated rings. The average molecular weight is 481 g/mol. The highest BCUT2D eigenvalue weighted by Gasteiger charge is 2.41. The lowest BCUT2D eigenvalue weighted by molar-refractivity contribution is -0.129. The number of amides is 2. The third kappa shape index (κ3) is 4.83. The van der Waals surface area contributed by atoms with Crippen LogP contribution in [0.1, 0.15) is 69.4 Å². The molecule has 1 aromatic carbocycles. The molecule has 3 aliphatic rings. The molecule has 8 heteroatoms. The maximum Gasteiger partial charge on any atom is 0.272 e. The predicted octanol–water partition coefficient (Wildman–Crippen LogP) is 2.90. The first-order valence-corrected chi connectivity index (χ1v) is 13.3. The van der Waals surface area contributed by atoms with E-state index < -0.39 is 0 Å². The SMILES string of the molecule is CC(=O)N(C)C1CCN(CCN2C3CCC2CC(NC(=O)c2nn(C(C)C)c4ccccc24)C3)C1. The quantitative estimate of drug-likeness (QED) is 0.660. The summed E-state index contributed by atoms with van der Waals surface area (Å²) < 4.78 is 1.95. The van der Waals surface area contributed by atoms with Gasteiger partial charge in [-0.25, -0.2) is 0 Å². The Morgan fingerprint density at radius 2 is 1.83 bits per heavy atom. The van der Waals surface area contributed by atoms with Gasteiger partial charge in [-0.1, -0.05) is 18.2 Å². The number of carbonyl (C=O) groups excluding carboxylic acids is 2. The molecule has 3 atom stereocenters. The van der Waals surface area contributed by atoms with E-state index in [2.05, 4.69) is 34.1 Å². The van der Waals surface area contributed by atoms with Crippen LogP contribution in [-0.4, -0.2) is 93.7 Å². The number of nitrogens with one attached hydrogen (secondary N) is 1. The molecule has 4 heterocycles. The van der Waals surface area contributed by atoms with Crippen molar-refractivity contribution in [1.29, 1.82) is 0 Å². The molecule has 0 radical (unpaired) electrons. The molecule has 2 amide bonds. The van der Waals surface area contributed by atoms with Gasteiger partial charge in [0, 0.05) is 75.7 Å². The van der Waals surface area contributed by atoms with Crippen LogP contribution < -0.4 is 5.32 Å². The van der Waals surface area contributed by atoms with Crippen molar-refractivity contribution >= 4 is 22.7 Å². The lowest BCUT2D eigenvalue weighted by Gasteiger charge is -2.39. The number of fused-ring (bicyclic) bond motifs is 3. The Kier molecular flexibility index (Phi) is 6.86. The molecule has 0 aliphatic carbocycles. The first kappa shape index (κ1) is 24.3. The monoisotopic (exact) mass is 480 g/mol. The maximum absolute atomic E-state index is 13.3. The summed E-state index contributed by atoms with van der Waals surface area (Å²) in [5, 5.41) is 8.96. The number of piperidine rings is 1. The van der Waals surface area contributed by atoms with Crippen molar-refractivity contribution < 1.29 is 9.59 Å². The molecular formula is C27H40N6O2. The van der Waals surface area contributed by atoms with Crippen LogP contribution in [0, 0.1) is 0 Å². The Labute approximate surface area is 208 Å². The highest BCUT2D eigenvalue weighted by atomic mass is 16.2. The van der Waals surface area contributed by atoms with Gasteiger partial charge in [0.15, 0.2) is 5.69 Å². The van der Waals surface area contributed by atoms with Crippen molar-refractivity contribution in [2.24, 2.45) is 0 Å². The van der Waals surface area contributed by atoms with E-state index in [0.717, 1.165) is 56.3 Å². The third-order valence-electron chi connectivity index (χ3n) is 8.50. The lowest BCUT2D eigenvalue weighted by atomic mass is 9.97. The molecule has 2 bridgehead atoms. The summed E-state index contributed by atoms with van der Waals surface area (Å²) in [5.74, 6) is 0.110. The second-order valence-electron chi connectivity index (χ2n) is 11.0. The largest absolute Gasteiger partial charge is 0.348 e. The minimum atomic E-state index is -0.0452. The van der Waals surface area contributed by atoms with Gasteiger partial charge in [0.2, 0.25) is 5.91 Å². The smallest absolute Gasteiger partial charge is 0.272 e. The van der Waals surface area contributed by atoms with Gasteiger partial charge in [-0.05, 0) is 52.0 Å². The zero-order valence-corrected chi connectivity index (χ0v) is 21.6. The van der Waals surface area contributed by atoms with Gasteiger partial charge < -0.3 is 10.2 Å². The summed E-state index contributed by atoms with van der Waals surface area (Å²) in [6.07, 6.45) is 5.54. The number of likely N-dealkylation sites (tertiary alicyclic amines) is 1. The standard InChI is InChI=1S/C27H40N6O2/c1-18(2)33-25-8-6-5-7-24(25)26(29-33)27(35)28-20-15-21-9-10-22(16-20)32(21)14-13-31-12-11-23(17-31)30(4)19(3)34/h5-8,18,20-23H,9-17H2,1-4H3,(H,28,35). The van der Waals surface area contributed by atoms with Crippen molar-refractivity contribution in [1.82, 2.24) is 29.8 Å². The molecule has 0 saturated carbocycles. The van der Waals surface area contributed by atoms with Gasteiger partial charge in [0.25, 0.3) is 5.91 Å². The molecule has 3 unspecified atom stereocenters. The summed E-state index contributed by atoms with van der Waals surface area (Å²) >= 11 is 0. The molecule has 5 rings (SSSR count). The number of hydrogen-bond acceptors (Lipinski definition) is 5. The minimum Gasteiger partial charge on any atom is -0.348 e. The average Bonchev–Trinajstić information content (AvgIpc) is 3.51. The highest BCUT2D eigenvalue weighted by Crippen LogP contribution is 2.36. The topological polar surface area (TPSA) is 73.7 Å². The second-order valence-corrected chi connectivity index (χ2v) is 11.0. The fourth-order valence-electron chi connectivity index (χ4n) is 6.51. The molecule has 1 N–H and O–H groups in total. The van der Waals surface area contributed by atoms with Gasteiger partial charge in [0.1, 0.15) is 0 Å². The molecule has 0 spiro atoms. The van der Waals surface area contributed by atoms with E-state index in [-0.39, 0.29) is 23.9 Å². The molecule has 3 saturated heterocycles. The number of likely N-dealkylation sites (N-methyl/N-ethyl adjacent to an activating group) is 1. The highest BCUT2D eigenvalue weighted by molar-refractivity contribution is 6.05. The van der Waals surface area contributed by atoms with Gasteiger partial charge in [-0.15, -0.1) is 0 Å². The Balaban J connectivity index is 1.17. The van der Waals surface area contributed by atoms with Crippen LogP contribution in [-0.2, 0) is 4.79 Å². The number of carbonyl (C=O) groups is 2. The van der Waals surface area contributed by atoms with Crippen LogP contribution in [0.15, 0.2) is 24.3 Å². The third-order valence-corrected chi connectivity index (χ3v) is 8.50. The molecule has 35 heavy (non-hydrogen) atoms. The fourth-order valence-corrected chi connectivity index (χ4v) is 6.51. The number of nitrogens with zero attached hydrogens (tertiary/aromatic N) is 5. The second kappa shape index (κ2) is 9.90. The molecule has 190 valence electrons. The normalized spacial score (nSPS) is 27.1. The van der Waals surface area contributed by atoms with Crippen molar-refractivity contribution in [2.45, 2.75) is 83.1 Å². The van der Waals surface area contributed by atoms with Crippen molar-refractivity contribution in [3.05, 3.63) is 30.0 Å². The summed E-state index contributed by atoms with van der Waals surface area (Å²) in [6.45, 7) is 10.0. The Morgan fingerprint density at radius 3 is 2.51 bits per heavy atom. The van der Waals surface area contributed by atoms with E-state index in [0.29, 0.717) is 23.8 Å². The first-order chi connectivity index (χ1) is 16.8. The van der Waals surface area contributed by atoms with Crippen LogP contribution in [0.5, 0.6) is 0 Å². The van der Waals surface area contributed by atoms with E-state index in [1.807, 2.05) is 40.9 Å². The maximum atomic E-state index is 13.3. The van der Waals surface area contributed by atoms with Crippen LogP contribution in [0.25, 0.3) is 10.9 Å². The van der Waals surface area contributed by atoms with Crippen LogP contribution in [0.3, 0.4) is 0 Å². The summed E-state index contributed by atoms with van der Waals surface area (Å²) in [7, 11) is 1.92. The van der Waals surface area contributed by atoms with E-state index in [1.54, 1.807) is 6.92 Å². The zero-order chi connectivity index (χ0) is 24.7. The van der Waals surface area contributed by atoms with Gasteiger partial charge >= 0.3 is 0 Å². The van der Waals surface area contributed by atoms with Crippen LogP contribution in [0.4, 0.5) is 0 Å². The summed E-state index contributed by atoms with van der Waals surface area (Å²) in [4.78, 5) is 32.1. The molecular weight excluding hydrogens is 440 g/mol.